The number of carbonyl (C=O) groups is 1. The summed E-state index contributed by atoms with van der Waals surface area (Å²) in [5, 5.41) is 3.12. The Morgan fingerprint density at radius 3 is 2.73 bits per heavy atom. The molecule has 1 aromatic rings. The molecule has 2 aliphatic rings. The van der Waals surface area contributed by atoms with Gasteiger partial charge in [-0.25, -0.2) is 8.78 Å². The molecule has 0 aromatic heterocycles. The minimum atomic E-state index is -0.455. The summed E-state index contributed by atoms with van der Waals surface area (Å²) in [7, 11) is 0. The summed E-state index contributed by atoms with van der Waals surface area (Å²) in [6.45, 7) is 2.41. The largest absolute Gasteiger partial charge is 0.378 e. The molecule has 1 heterocycles. The maximum Gasteiger partial charge on any atom is 0.236 e. The van der Waals surface area contributed by atoms with Crippen molar-refractivity contribution >= 4 is 5.91 Å². The van der Waals surface area contributed by atoms with Crippen molar-refractivity contribution in [2.24, 2.45) is 5.92 Å². The van der Waals surface area contributed by atoms with Gasteiger partial charge in [0.25, 0.3) is 0 Å². The molecule has 120 valence electrons. The van der Waals surface area contributed by atoms with Crippen LogP contribution in [0.3, 0.4) is 0 Å². The van der Waals surface area contributed by atoms with Gasteiger partial charge in [0.1, 0.15) is 11.6 Å². The van der Waals surface area contributed by atoms with E-state index in [1.165, 1.54) is 6.07 Å². The molecular formula is C16H20F2N2O2. The molecule has 0 radical (unpaired) electrons. The maximum absolute atomic E-state index is 14.0. The molecule has 1 aromatic carbocycles. The van der Waals surface area contributed by atoms with Gasteiger partial charge in [0.15, 0.2) is 0 Å². The molecule has 0 spiro atoms. The molecule has 6 heteroatoms. The average Bonchev–Trinajstić information content (AvgIpc) is 3.36. The van der Waals surface area contributed by atoms with Crippen molar-refractivity contribution in [3.63, 3.8) is 0 Å². The first-order valence-corrected chi connectivity index (χ1v) is 7.69. The monoisotopic (exact) mass is 310 g/mol. The van der Waals surface area contributed by atoms with Crippen LogP contribution >= 0.6 is 0 Å². The predicted molar refractivity (Wildman–Crippen MR) is 77.2 cm³/mol. The van der Waals surface area contributed by atoms with E-state index >= 15 is 0 Å². The summed E-state index contributed by atoms with van der Waals surface area (Å²) in [5.41, 5.74) is 0.317. The summed E-state index contributed by atoms with van der Waals surface area (Å²) < 4.78 is 32.6. The Morgan fingerprint density at radius 1 is 1.32 bits per heavy atom. The second-order valence-electron chi connectivity index (χ2n) is 5.85. The van der Waals surface area contributed by atoms with E-state index in [2.05, 4.69) is 5.32 Å². The number of hydrogen-bond acceptors (Lipinski definition) is 3. The molecule has 1 saturated heterocycles. The number of carbonyl (C=O) groups excluding carboxylic acids is 1. The van der Waals surface area contributed by atoms with Crippen molar-refractivity contribution in [1.29, 1.82) is 0 Å². The van der Waals surface area contributed by atoms with Crippen LogP contribution in [0.15, 0.2) is 18.2 Å². The topological polar surface area (TPSA) is 41.6 Å². The number of benzene rings is 1. The summed E-state index contributed by atoms with van der Waals surface area (Å²) in [6.07, 6.45) is 1.94. The van der Waals surface area contributed by atoms with Gasteiger partial charge in [-0.15, -0.1) is 0 Å². The van der Waals surface area contributed by atoms with Gasteiger partial charge in [-0.1, -0.05) is 0 Å². The number of rotatable bonds is 5. The Balaban J connectivity index is 1.65. The quantitative estimate of drug-likeness (QED) is 0.903. The molecule has 1 amide bonds. The Kier molecular flexibility index (Phi) is 4.69. The number of halogens is 2. The number of hydrogen-bond donors (Lipinski definition) is 1. The van der Waals surface area contributed by atoms with Gasteiger partial charge in [0.2, 0.25) is 5.91 Å². The third-order valence-electron chi connectivity index (χ3n) is 4.22. The Hall–Kier alpha value is -1.53. The maximum atomic E-state index is 14.0. The standard InChI is InChI=1S/C16H20F2N2O2/c17-12-3-4-14(18)13(9-12)16(11-1-2-11)19-10-15(21)20-5-7-22-8-6-20/h3-4,9,11,16,19H,1-2,5-8,10H2/t16-/m1/s1. The fraction of sp³-hybridized carbons (Fsp3) is 0.562. The van der Waals surface area contributed by atoms with Gasteiger partial charge >= 0.3 is 0 Å². The minimum absolute atomic E-state index is 0.0224. The molecule has 1 aliphatic heterocycles. The van der Waals surface area contributed by atoms with Crippen molar-refractivity contribution in [3.05, 3.63) is 35.4 Å². The average molecular weight is 310 g/mol. The van der Waals surface area contributed by atoms with Crippen LogP contribution in [-0.2, 0) is 9.53 Å². The summed E-state index contributed by atoms with van der Waals surface area (Å²) in [6, 6.07) is 3.18. The van der Waals surface area contributed by atoms with E-state index in [9.17, 15) is 13.6 Å². The Bertz CT molecular complexity index is 543. The van der Waals surface area contributed by atoms with Crippen LogP contribution in [0.4, 0.5) is 8.78 Å². The number of nitrogens with one attached hydrogen (secondary N) is 1. The molecule has 1 atom stereocenters. The Morgan fingerprint density at radius 2 is 2.05 bits per heavy atom. The second kappa shape index (κ2) is 6.71. The Labute approximate surface area is 128 Å². The first-order valence-electron chi connectivity index (χ1n) is 7.69. The van der Waals surface area contributed by atoms with Crippen LogP contribution in [0.1, 0.15) is 24.4 Å². The third kappa shape index (κ3) is 3.62. The van der Waals surface area contributed by atoms with Gasteiger partial charge in [0, 0.05) is 24.7 Å². The van der Waals surface area contributed by atoms with E-state index < -0.39 is 11.6 Å². The highest BCUT2D eigenvalue weighted by Crippen LogP contribution is 2.41. The second-order valence-corrected chi connectivity index (χ2v) is 5.85. The van der Waals surface area contributed by atoms with E-state index in [0.29, 0.717) is 31.9 Å². The minimum Gasteiger partial charge on any atom is -0.378 e. The highest BCUT2D eigenvalue weighted by atomic mass is 19.1. The molecule has 1 aliphatic carbocycles. The van der Waals surface area contributed by atoms with Crippen molar-refractivity contribution in [3.8, 4) is 0 Å². The summed E-state index contributed by atoms with van der Waals surface area (Å²) in [5.74, 6) is -0.632. The van der Waals surface area contributed by atoms with Crippen molar-refractivity contribution in [2.75, 3.05) is 32.8 Å². The summed E-state index contributed by atoms with van der Waals surface area (Å²) in [4.78, 5) is 13.9. The highest BCUT2D eigenvalue weighted by molar-refractivity contribution is 5.78. The molecule has 2 fully saturated rings. The highest BCUT2D eigenvalue weighted by Gasteiger charge is 2.34. The van der Waals surface area contributed by atoms with Crippen LogP contribution < -0.4 is 5.32 Å². The first kappa shape index (κ1) is 15.4. The van der Waals surface area contributed by atoms with E-state index in [1.54, 1.807) is 4.90 Å². The van der Waals surface area contributed by atoms with E-state index in [0.717, 1.165) is 25.0 Å². The number of ether oxygens (including phenoxy) is 1. The smallest absolute Gasteiger partial charge is 0.236 e. The molecule has 1 saturated carbocycles. The van der Waals surface area contributed by atoms with Crippen molar-refractivity contribution in [1.82, 2.24) is 10.2 Å². The molecule has 22 heavy (non-hydrogen) atoms. The fourth-order valence-electron chi connectivity index (χ4n) is 2.83. The zero-order valence-corrected chi connectivity index (χ0v) is 12.4. The zero-order chi connectivity index (χ0) is 15.5. The molecule has 4 nitrogen and oxygen atoms in total. The normalized spacial score (nSPS) is 20.0. The molecule has 0 bridgehead atoms. The number of amides is 1. The van der Waals surface area contributed by atoms with E-state index in [4.69, 9.17) is 4.74 Å². The molecule has 1 N–H and O–H groups in total. The fourth-order valence-corrected chi connectivity index (χ4v) is 2.83. The first-order chi connectivity index (χ1) is 10.6. The molecule has 0 unspecified atom stereocenters. The lowest BCUT2D eigenvalue weighted by Crippen LogP contribution is -2.45. The number of nitrogens with zero attached hydrogens (tertiary/aromatic N) is 1. The van der Waals surface area contributed by atoms with Crippen LogP contribution in [0.2, 0.25) is 0 Å². The molecule has 3 rings (SSSR count). The molecular weight excluding hydrogens is 290 g/mol. The lowest BCUT2D eigenvalue weighted by atomic mass is 10.0. The zero-order valence-electron chi connectivity index (χ0n) is 12.4. The van der Waals surface area contributed by atoms with E-state index in [1.807, 2.05) is 0 Å². The van der Waals surface area contributed by atoms with Gasteiger partial charge in [-0.3, -0.25) is 4.79 Å². The van der Waals surface area contributed by atoms with Gasteiger partial charge < -0.3 is 15.0 Å². The lowest BCUT2D eigenvalue weighted by molar-refractivity contribution is -0.134. The summed E-state index contributed by atoms with van der Waals surface area (Å²) >= 11 is 0. The third-order valence-corrected chi connectivity index (χ3v) is 4.22. The predicted octanol–water partition coefficient (Wildman–Crippen LogP) is 1.86. The van der Waals surface area contributed by atoms with Crippen molar-refractivity contribution in [2.45, 2.75) is 18.9 Å². The van der Waals surface area contributed by atoms with Gasteiger partial charge in [-0.05, 0) is 37.0 Å². The number of morpholine rings is 1. The van der Waals surface area contributed by atoms with Crippen LogP contribution in [0, 0.1) is 17.6 Å². The van der Waals surface area contributed by atoms with E-state index in [-0.39, 0.29) is 24.4 Å². The van der Waals surface area contributed by atoms with Crippen LogP contribution in [0.25, 0.3) is 0 Å². The SMILES string of the molecule is O=C(CN[C@@H](c1cc(F)ccc1F)C1CC1)N1CCOCC1. The van der Waals surface area contributed by atoms with Crippen LogP contribution in [-0.4, -0.2) is 43.7 Å². The van der Waals surface area contributed by atoms with Crippen LogP contribution in [0.5, 0.6) is 0 Å². The van der Waals surface area contributed by atoms with Gasteiger partial charge in [0.05, 0.1) is 19.8 Å². The van der Waals surface area contributed by atoms with Crippen molar-refractivity contribution < 1.29 is 18.3 Å². The van der Waals surface area contributed by atoms with Gasteiger partial charge in [-0.2, -0.15) is 0 Å². The lowest BCUT2D eigenvalue weighted by Gasteiger charge is -2.28.